The van der Waals surface area contributed by atoms with Crippen LogP contribution in [0.15, 0.2) is 24.4 Å². The molecular formula is C10H14ClN3. The summed E-state index contributed by atoms with van der Waals surface area (Å²) in [5, 5.41) is 5.47. The van der Waals surface area contributed by atoms with E-state index in [1.54, 1.807) is 0 Å². The fourth-order valence-electron chi connectivity index (χ4n) is 1.58. The molecule has 14 heavy (non-hydrogen) atoms. The lowest BCUT2D eigenvalue weighted by Gasteiger charge is -2.05. The molecule has 0 saturated heterocycles. The van der Waals surface area contributed by atoms with E-state index in [2.05, 4.69) is 11.2 Å². The van der Waals surface area contributed by atoms with E-state index >= 15 is 0 Å². The number of aryl methyl sites for hydroxylation is 1. The molecule has 76 valence electrons. The highest BCUT2D eigenvalue weighted by molar-refractivity contribution is 5.85. The van der Waals surface area contributed by atoms with Gasteiger partial charge in [0.2, 0.25) is 0 Å². The monoisotopic (exact) mass is 211 g/mol. The maximum atomic E-state index is 5.85. The third kappa shape index (κ3) is 1.74. The highest BCUT2D eigenvalue weighted by Gasteiger charge is 2.06. The van der Waals surface area contributed by atoms with Gasteiger partial charge in [-0.05, 0) is 18.6 Å². The molecule has 0 amide bonds. The molecule has 0 aliphatic rings. The van der Waals surface area contributed by atoms with Crippen LogP contribution in [0.3, 0.4) is 0 Å². The predicted molar refractivity (Wildman–Crippen MR) is 60.6 cm³/mol. The number of benzene rings is 1. The summed E-state index contributed by atoms with van der Waals surface area (Å²) < 4.78 is 1.82. The van der Waals surface area contributed by atoms with Crippen molar-refractivity contribution in [1.29, 1.82) is 0 Å². The average Bonchev–Trinajstić information content (AvgIpc) is 2.43. The Hall–Kier alpha value is -1.06. The Morgan fingerprint density at radius 1 is 1.43 bits per heavy atom. The zero-order valence-corrected chi connectivity index (χ0v) is 9.08. The average molecular weight is 212 g/mol. The fraction of sp³-hybridized carbons (Fsp3) is 0.300. The summed E-state index contributed by atoms with van der Waals surface area (Å²) in [4.78, 5) is 0. The minimum absolute atomic E-state index is 0. The molecule has 0 fully saturated rings. The molecule has 2 N–H and O–H groups in total. The number of rotatable bonds is 1. The van der Waals surface area contributed by atoms with E-state index in [4.69, 9.17) is 5.73 Å². The molecule has 1 atom stereocenters. The minimum Gasteiger partial charge on any atom is -0.324 e. The molecule has 1 heterocycles. The quantitative estimate of drug-likeness (QED) is 0.785. The molecule has 1 aromatic heterocycles. The number of halogens is 1. The van der Waals surface area contributed by atoms with Crippen LogP contribution in [0.25, 0.3) is 10.9 Å². The molecule has 0 bridgehead atoms. The largest absolute Gasteiger partial charge is 0.324 e. The van der Waals surface area contributed by atoms with Gasteiger partial charge in [0, 0.05) is 24.7 Å². The minimum atomic E-state index is 0. The van der Waals surface area contributed by atoms with Gasteiger partial charge in [-0.3, -0.25) is 4.68 Å². The van der Waals surface area contributed by atoms with Gasteiger partial charge >= 0.3 is 0 Å². The van der Waals surface area contributed by atoms with Gasteiger partial charge in [0.15, 0.2) is 0 Å². The summed E-state index contributed by atoms with van der Waals surface area (Å²) in [6.45, 7) is 1.99. The summed E-state index contributed by atoms with van der Waals surface area (Å²) in [5.41, 5.74) is 8.02. The Labute approximate surface area is 89.3 Å². The van der Waals surface area contributed by atoms with Crippen LogP contribution >= 0.6 is 12.4 Å². The van der Waals surface area contributed by atoms with Crippen molar-refractivity contribution in [2.75, 3.05) is 0 Å². The standard InChI is InChI=1S/C10H13N3.ClH/c1-7(11)8-4-3-5-10-9(8)6-13(2)12-10;/h3-7H,11H2,1-2H3;1H. The van der Waals surface area contributed by atoms with Crippen molar-refractivity contribution < 1.29 is 0 Å². The molecule has 4 heteroatoms. The van der Waals surface area contributed by atoms with Crippen LogP contribution in [0, 0.1) is 0 Å². The fourth-order valence-corrected chi connectivity index (χ4v) is 1.58. The highest BCUT2D eigenvalue weighted by atomic mass is 35.5. The van der Waals surface area contributed by atoms with Gasteiger partial charge < -0.3 is 5.73 Å². The van der Waals surface area contributed by atoms with Crippen molar-refractivity contribution in [2.45, 2.75) is 13.0 Å². The van der Waals surface area contributed by atoms with E-state index in [9.17, 15) is 0 Å². The summed E-state index contributed by atoms with van der Waals surface area (Å²) >= 11 is 0. The normalized spacial score (nSPS) is 12.5. The summed E-state index contributed by atoms with van der Waals surface area (Å²) in [6.07, 6.45) is 2.01. The SMILES string of the molecule is CC(N)c1cccc2nn(C)cc12.Cl. The molecule has 2 aromatic rings. The third-order valence-corrected chi connectivity index (χ3v) is 2.19. The zero-order chi connectivity index (χ0) is 9.42. The second-order valence-electron chi connectivity index (χ2n) is 3.37. The molecule has 0 saturated carbocycles. The van der Waals surface area contributed by atoms with Crippen molar-refractivity contribution in [3.8, 4) is 0 Å². The Bertz CT molecular complexity index is 434. The first kappa shape index (κ1) is 11.0. The lowest BCUT2D eigenvalue weighted by Crippen LogP contribution is -2.04. The lowest BCUT2D eigenvalue weighted by molar-refractivity contribution is 0.779. The Morgan fingerprint density at radius 3 is 2.79 bits per heavy atom. The summed E-state index contributed by atoms with van der Waals surface area (Å²) in [7, 11) is 1.92. The predicted octanol–water partition coefficient (Wildman–Crippen LogP) is 2.01. The Kier molecular flexibility index (Phi) is 3.13. The van der Waals surface area contributed by atoms with Crippen LogP contribution in [0.4, 0.5) is 0 Å². The number of hydrogen-bond donors (Lipinski definition) is 1. The molecule has 3 nitrogen and oxygen atoms in total. The molecule has 0 spiro atoms. The molecule has 1 unspecified atom stereocenters. The topological polar surface area (TPSA) is 43.8 Å². The van der Waals surface area contributed by atoms with Crippen LogP contribution in [0.1, 0.15) is 18.5 Å². The molecule has 1 aromatic carbocycles. The number of nitrogens with zero attached hydrogens (tertiary/aromatic N) is 2. The third-order valence-electron chi connectivity index (χ3n) is 2.19. The van der Waals surface area contributed by atoms with Crippen molar-refractivity contribution in [3.63, 3.8) is 0 Å². The number of hydrogen-bond acceptors (Lipinski definition) is 2. The van der Waals surface area contributed by atoms with Crippen molar-refractivity contribution in [2.24, 2.45) is 12.8 Å². The molecule has 0 radical (unpaired) electrons. The first-order chi connectivity index (χ1) is 6.18. The lowest BCUT2D eigenvalue weighted by atomic mass is 10.1. The van der Waals surface area contributed by atoms with Gasteiger partial charge in [-0.2, -0.15) is 5.10 Å². The van der Waals surface area contributed by atoms with Crippen LogP contribution in [-0.2, 0) is 7.05 Å². The van der Waals surface area contributed by atoms with E-state index in [0.29, 0.717) is 0 Å². The summed E-state index contributed by atoms with van der Waals surface area (Å²) in [5.74, 6) is 0. The smallest absolute Gasteiger partial charge is 0.0926 e. The Morgan fingerprint density at radius 2 is 2.14 bits per heavy atom. The second-order valence-corrected chi connectivity index (χ2v) is 3.37. The first-order valence-electron chi connectivity index (χ1n) is 4.36. The van der Waals surface area contributed by atoms with E-state index in [1.165, 1.54) is 0 Å². The maximum Gasteiger partial charge on any atom is 0.0926 e. The number of nitrogens with two attached hydrogens (primary N) is 1. The molecule has 0 aliphatic heterocycles. The molecule has 0 aliphatic carbocycles. The van der Waals surface area contributed by atoms with Crippen molar-refractivity contribution in [1.82, 2.24) is 9.78 Å². The van der Waals surface area contributed by atoms with Gasteiger partial charge in [0.1, 0.15) is 0 Å². The van der Waals surface area contributed by atoms with Gasteiger partial charge in [0.25, 0.3) is 0 Å². The molecular weight excluding hydrogens is 198 g/mol. The van der Waals surface area contributed by atoms with Gasteiger partial charge in [0.05, 0.1) is 5.52 Å². The maximum absolute atomic E-state index is 5.85. The second kappa shape index (κ2) is 3.98. The van der Waals surface area contributed by atoms with Gasteiger partial charge in [-0.15, -0.1) is 12.4 Å². The van der Waals surface area contributed by atoms with E-state index in [-0.39, 0.29) is 18.4 Å². The Balaban J connectivity index is 0.000000980. The summed E-state index contributed by atoms with van der Waals surface area (Å²) in [6, 6.07) is 6.11. The van der Waals surface area contributed by atoms with Crippen molar-refractivity contribution in [3.05, 3.63) is 30.0 Å². The number of aromatic nitrogens is 2. The van der Waals surface area contributed by atoms with E-state index < -0.39 is 0 Å². The van der Waals surface area contributed by atoms with Crippen molar-refractivity contribution >= 4 is 23.3 Å². The van der Waals surface area contributed by atoms with Gasteiger partial charge in [-0.1, -0.05) is 12.1 Å². The highest BCUT2D eigenvalue weighted by Crippen LogP contribution is 2.21. The molecule has 2 rings (SSSR count). The van der Waals surface area contributed by atoms with E-state index in [0.717, 1.165) is 16.5 Å². The first-order valence-corrected chi connectivity index (χ1v) is 4.36. The van der Waals surface area contributed by atoms with Crippen LogP contribution < -0.4 is 5.73 Å². The van der Waals surface area contributed by atoms with Gasteiger partial charge in [-0.25, -0.2) is 0 Å². The zero-order valence-electron chi connectivity index (χ0n) is 8.27. The number of fused-ring (bicyclic) bond motifs is 1. The van der Waals surface area contributed by atoms with Crippen LogP contribution in [0.5, 0.6) is 0 Å². The van der Waals surface area contributed by atoms with Crippen LogP contribution in [-0.4, -0.2) is 9.78 Å². The van der Waals surface area contributed by atoms with E-state index in [1.807, 2.05) is 37.0 Å². The van der Waals surface area contributed by atoms with Crippen LogP contribution in [0.2, 0.25) is 0 Å².